The number of fused-ring (bicyclic) bond motifs is 1. The molecule has 0 bridgehead atoms. The van der Waals surface area contributed by atoms with Crippen LogP contribution in [0.4, 0.5) is 11.4 Å². The van der Waals surface area contributed by atoms with Crippen LogP contribution in [-0.2, 0) is 4.79 Å². The SMILES string of the molecule is CCN(CC)c1ccc(/C=C(\C#N)C(N)=O)c(O)c1.Cc1ccc2c(N)c(S)ccc2c1. The average molecular weight is 449 g/mol. The van der Waals surface area contributed by atoms with Gasteiger partial charge in [-0.25, -0.2) is 0 Å². The maximum Gasteiger partial charge on any atom is 0.259 e. The van der Waals surface area contributed by atoms with Crippen molar-refractivity contribution < 1.29 is 9.90 Å². The van der Waals surface area contributed by atoms with E-state index in [1.54, 1.807) is 18.2 Å². The molecule has 166 valence electrons. The summed E-state index contributed by atoms with van der Waals surface area (Å²) in [6.45, 7) is 7.78. The molecule has 0 aromatic heterocycles. The highest BCUT2D eigenvalue weighted by atomic mass is 32.1. The highest BCUT2D eigenvalue weighted by Crippen LogP contribution is 2.28. The van der Waals surface area contributed by atoms with Crippen molar-refractivity contribution in [2.24, 2.45) is 5.73 Å². The van der Waals surface area contributed by atoms with E-state index in [-0.39, 0.29) is 11.3 Å². The fourth-order valence-electron chi connectivity index (χ4n) is 3.22. The maximum atomic E-state index is 11.0. The number of nitriles is 1. The van der Waals surface area contributed by atoms with E-state index in [0.29, 0.717) is 5.56 Å². The number of nitrogens with zero attached hydrogens (tertiary/aromatic N) is 2. The van der Waals surface area contributed by atoms with Crippen molar-refractivity contribution in [3.8, 4) is 11.8 Å². The largest absolute Gasteiger partial charge is 0.507 e. The Labute approximate surface area is 194 Å². The van der Waals surface area contributed by atoms with Crippen LogP contribution in [-0.4, -0.2) is 24.1 Å². The van der Waals surface area contributed by atoms with Gasteiger partial charge >= 0.3 is 0 Å². The molecule has 0 aliphatic carbocycles. The number of primary amides is 1. The third-order valence-electron chi connectivity index (χ3n) is 5.02. The second-order valence-corrected chi connectivity index (χ2v) is 7.65. The third kappa shape index (κ3) is 5.96. The Morgan fingerprint density at radius 2 is 1.84 bits per heavy atom. The Morgan fingerprint density at radius 3 is 2.41 bits per heavy atom. The molecule has 0 saturated heterocycles. The molecule has 0 aliphatic rings. The lowest BCUT2D eigenvalue weighted by Crippen LogP contribution is -2.21. The molecule has 0 radical (unpaired) electrons. The average Bonchev–Trinajstić information content (AvgIpc) is 2.77. The number of hydrogen-bond acceptors (Lipinski definition) is 6. The number of carbonyl (C=O) groups is 1. The minimum absolute atomic E-state index is 0.0124. The van der Waals surface area contributed by atoms with E-state index in [4.69, 9.17) is 16.7 Å². The molecule has 7 heteroatoms. The highest BCUT2D eigenvalue weighted by molar-refractivity contribution is 7.80. The number of thiol groups is 1. The van der Waals surface area contributed by atoms with Crippen LogP contribution >= 0.6 is 12.6 Å². The number of benzene rings is 3. The summed E-state index contributed by atoms with van der Waals surface area (Å²) < 4.78 is 0. The molecule has 0 saturated carbocycles. The Kier molecular flexibility index (Phi) is 8.56. The highest BCUT2D eigenvalue weighted by Gasteiger charge is 2.08. The number of nitrogen functional groups attached to an aromatic ring is 1. The Balaban J connectivity index is 0.000000242. The number of rotatable bonds is 5. The first-order chi connectivity index (χ1) is 15.2. The van der Waals surface area contributed by atoms with Gasteiger partial charge in [-0.15, -0.1) is 12.6 Å². The van der Waals surface area contributed by atoms with Crippen molar-refractivity contribution in [3.05, 3.63) is 65.2 Å². The lowest BCUT2D eigenvalue weighted by atomic mass is 10.1. The van der Waals surface area contributed by atoms with Gasteiger partial charge in [-0.3, -0.25) is 4.79 Å². The summed E-state index contributed by atoms with van der Waals surface area (Å²) in [6, 6.07) is 17.0. The fourth-order valence-corrected chi connectivity index (χ4v) is 3.41. The standard InChI is InChI=1S/C14H17N3O2.C11H11NS/c1-3-17(4-2)12-6-5-10(13(18)8-12)7-11(9-15)14(16)19;1-7-2-4-9-8(6-7)3-5-10(13)11(9)12/h5-8,18H,3-4H2,1-2H3,(H2,16,19);2-6,13H,12H2,1H3/b11-7+;. The quantitative estimate of drug-likeness (QED) is 0.196. The van der Waals surface area contributed by atoms with Crippen molar-refractivity contribution >= 4 is 46.8 Å². The van der Waals surface area contributed by atoms with Gasteiger partial charge in [0.1, 0.15) is 17.4 Å². The molecule has 3 aromatic carbocycles. The van der Waals surface area contributed by atoms with Gasteiger partial charge in [0, 0.05) is 40.7 Å². The van der Waals surface area contributed by atoms with E-state index >= 15 is 0 Å². The Hall–Kier alpha value is -3.63. The first kappa shape index (κ1) is 24.6. The number of amides is 1. The molecule has 0 unspecified atom stereocenters. The van der Waals surface area contributed by atoms with Crippen molar-refractivity contribution in [1.29, 1.82) is 5.26 Å². The Bertz CT molecular complexity index is 1190. The molecule has 0 spiro atoms. The molecular weight excluding hydrogens is 420 g/mol. The zero-order valence-corrected chi connectivity index (χ0v) is 19.4. The van der Waals surface area contributed by atoms with Gasteiger partial charge in [-0.2, -0.15) is 5.26 Å². The molecule has 0 aliphatic heterocycles. The van der Waals surface area contributed by atoms with E-state index in [1.165, 1.54) is 17.0 Å². The number of aromatic hydroxyl groups is 1. The monoisotopic (exact) mass is 448 g/mol. The fraction of sp³-hybridized carbons (Fsp3) is 0.200. The zero-order valence-electron chi connectivity index (χ0n) is 18.5. The van der Waals surface area contributed by atoms with Gasteiger partial charge in [0.25, 0.3) is 5.91 Å². The number of hydrogen-bond donors (Lipinski definition) is 4. The number of phenols is 1. The first-order valence-corrected chi connectivity index (χ1v) is 10.6. The van der Waals surface area contributed by atoms with Crippen LogP contribution in [0.25, 0.3) is 16.8 Å². The minimum atomic E-state index is -0.810. The molecule has 0 heterocycles. The van der Waals surface area contributed by atoms with E-state index < -0.39 is 5.91 Å². The van der Waals surface area contributed by atoms with Crippen molar-refractivity contribution in [1.82, 2.24) is 0 Å². The summed E-state index contributed by atoms with van der Waals surface area (Å²) in [5.74, 6) is -0.798. The van der Waals surface area contributed by atoms with E-state index in [0.717, 1.165) is 34.7 Å². The lowest BCUT2D eigenvalue weighted by Gasteiger charge is -2.21. The van der Waals surface area contributed by atoms with E-state index in [2.05, 4.69) is 36.6 Å². The zero-order chi connectivity index (χ0) is 23.8. The number of phenolic OH excluding ortho intramolecular Hbond substituents is 1. The van der Waals surface area contributed by atoms with Crippen LogP contribution in [0.2, 0.25) is 0 Å². The van der Waals surface area contributed by atoms with Crippen molar-refractivity contribution in [3.63, 3.8) is 0 Å². The van der Waals surface area contributed by atoms with Crippen molar-refractivity contribution in [2.45, 2.75) is 25.7 Å². The summed E-state index contributed by atoms with van der Waals surface area (Å²) >= 11 is 4.27. The van der Waals surface area contributed by atoms with Crippen molar-refractivity contribution in [2.75, 3.05) is 23.7 Å². The summed E-state index contributed by atoms with van der Waals surface area (Å²) in [4.78, 5) is 13.9. The van der Waals surface area contributed by atoms with Gasteiger partial charge in [0.2, 0.25) is 0 Å². The molecule has 1 amide bonds. The number of nitrogens with two attached hydrogens (primary N) is 2. The number of aryl methyl sites for hydroxylation is 1. The number of carbonyl (C=O) groups excluding carboxylic acids is 1. The van der Waals surface area contributed by atoms with Gasteiger partial charge in [-0.1, -0.05) is 29.8 Å². The number of anilines is 2. The first-order valence-electron chi connectivity index (χ1n) is 10.2. The predicted molar refractivity (Wildman–Crippen MR) is 135 cm³/mol. The minimum Gasteiger partial charge on any atom is -0.507 e. The second-order valence-electron chi connectivity index (χ2n) is 7.17. The molecule has 32 heavy (non-hydrogen) atoms. The summed E-state index contributed by atoms with van der Waals surface area (Å²) in [7, 11) is 0. The maximum absolute atomic E-state index is 11.0. The normalized spacial score (nSPS) is 10.8. The molecular formula is C25H28N4O2S. The van der Waals surface area contributed by atoms with Crippen LogP contribution in [0, 0.1) is 18.3 Å². The third-order valence-corrected chi connectivity index (χ3v) is 5.41. The van der Waals surface area contributed by atoms with Crippen LogP contribution in [0.1, 0.15) is 25.0 Å². The molecule has 6 nitrogen and oxygen atoms in total. The Morgan fingerprint density at radius 1 is 1.16 bits per heavy atom. The van der Waals surface area contributed by atoms with Gasteiger partial charge in [0.15, 0.2) is 0 Å². The molecule has 3 aromatic rings. The molecule has 5 N–H and O–H groups in total. The van der Waals surface area contributed by atoms with Crippen LogP contribution in [0.15, 0.2) is 59.0 Å². The predicted octanol–water partition coefficient (Wildman–Crippen LogP) is 4.65. The summed E-state index contributed by atoms with van der Waals surface area (Å²) in [6.07, 6.45) is 1.28. The van der Waals surface area contributed by atoms with Gasteiger partial charge in [-0.05, 0) is 50.4 Å². The van der Waals surface area contributed by atoms with Gasteiger partial charge in [0.05, 0.1) is 5.69 Å². The molecule has 0 atom stereocenters. The smallest absolute Gasteiger partial charge is 0.259 e. The topological polar surface area (TPSA) is 116 Å². The summed E-state index contributed by atoms with van der Waals surface area (Å²) in [5, 5.41) is 20.9. The van der Waals surface area contributed by atoms with Crippen LogP contribution in [0.3, 0.4) is 0 Å². The van der Waals surface area contributed by atoms with Crippen LogP contribution in [0.5, 0.6) is 5.75 Å². The lowest BCUT2D eigenvalue weighted by molar-refractivity contribution is -0.114. The van der Waals surface area contributed by atoms with Gasteiger partial charge < -0.3 is 21.5 Å². The molecule has 0 fully saturated rings. The second kappa shape index (κ2) is 11.1. The van der Waals surface area contributed by atoms with E-state index in [9.17, 15) is 9.90 Å². The molecule has 3 rings (SSSR count). The van der Waals surface area contributed by atoms with Crippen LogP contribution < -0.4 is 16.4 Å². The summed E-state index contributed by atoms with van der Waals surface area (Å²) in [5.41, 5.74) is 14.0. The van der Waals surface area contributed by atoms with E-state index in [1.807, 2.05) is 38.1 Å².